The zero-order valence-electron chi connectivity index (χ0n) is 19.0. The summed E-state index contributed by atoms with van der Waals surface area (Å²) >= 11 is 0. The molecule has 0 radical (unpaired) electrons. The van der Waals surface area contributed by atoms with Crippen LogP contribution in [0.15, 0.2) is 53.5 Å². The number of guanidine groups is 1. The number of benzene rings is 2. The summed E-state index contributed by atoms with van der Waals surface area (Å²) in [5.41, 5.74) is 4.41. The fourth-order valence-electron chi connectivity index (χ4n) is 3.14. The van der Waals surface area contributed by atoms with Gasteiger partial charge in [-0.2, -0.15) is 0 Å². The lowest BCUT2D eigenvalue weighted by molar-refractivity contribution is 0.0827. The van der Waals surface area contributed by atoms with Gasteiger partial charge in [-0.05, 0) is 36.6 Å². The van der Waals surface area contributed by atoms with E-state index in [4.69, 9.17) is 0 Å². The van der Waals surface area contributed by atoms with Crippen LogP contribution >= 0.6 is 24.0 Å². The molecule has 2 aromatic carbocycles. The van der Waals surface area contributed by atoms with Gasteiger partial charge in [-0.3, -0.25) is 9.79 Å². The Morgan fingerprint density at radius 2 is 1.77 bits per heavy atom. The number of hydrogen-bond donors (Lipinski definition) is 2. The summed E-state index contributed by atoms with van der Waals surface area (Å²) in [6.07, 6.45) is 0.816. The third-order valence-corrected chi connectivity index (χ3v) is 5.01. The molecule has 0 aliphatic rings. The van der Waals surface area contributed by atoms with Crippen LogP contribution in [0.5, 0.6) is 0 Å². The SMILES string of the molecule is CN=C(NCCc1cccc(C(=O)N(C)C)c1)NCC(C)(C)c1cccc(C)c1.I. The molecule has 0 spiro atoms. The molecule has 0 saturated heterocycles. The summed E-state index contributed by atoms with van der Waals surface area (Å²) in [5.74, 6) is 0.807. The highest BCUT2D eigenvalue weighted by molar-refractivity contribution is 14.0. The number of aryl methyl sites for hydroxylation is 1. The van der Waals surface area contributed by atoms with Crippen LogP contribution in [-0.2, 0) is 11.8 Å². The highest BCUT2D eigenvalue weighted by Gasteiger charge is 2.21. The van der Waals surface area contributed by atoms with Gasteiger partial charge in [0.25, 0.3) is 5.91 Å². The van der Waals surface area contributed by atoms with Crippen LogP contribution < -0.4 is 10.6 Å². The number of aliphatic imine (C=N–C) groups is 1. The van der Waals surface area contributed by atoms with Crippen LogP contribution in [0.2, 0.25) is 0 Å². The van der Waals surface area contributed by atoms with Gasteiger partial charge in [0, 0.05) is 45.2 Å². The summed E-state index contributed by atoms with van der Waals surface area (Å²) in [6, 6.07) is 16.4. The highest BCUT2D eigenvalue weighted by Crippen LogP contribution is 2.22. The molecule has 0 fully saturated rings. The summed E-state index contributed by atoms with van der Waals surface area (Å²) in [4.78, 5) is 18.1. The number of carbonyl (C=O) groups is 1. The van der Waals surface area contributed by atoms with E-state index in [1.807, 2.05) is 24.3 Å². The number of carbonyl (C=O) groups excluding carboxylic acids is 1. The molecular formula is C24H35IN4O. The Morgan fingerprint density at radius 3 is 2.40 bits per heavy atom. The van der Waals surface area contributed by atoms with Crippen molar-refractivity contribution in [1.82, 2.24) is 15.5 Å². The minimum Gasteiger partial charge on any atom is -0.356 e. The maximum atomic E-state index is 12.1. The van der Waals surface area contributed by atoms with Gasteiger partial charge in [0.05, 0.1) is 0 Å². The van der Waals surface area contributed by atoms with Crippen molar-refractivity contribution in [3.63, 3.8) is 0 Å². The van der Waals surface area contributed by atoms with E-state index < -0.39 is 0 Å². The molecule has 164 valence electrons. The summed E-state index contributed by atoms with van der Waals surface area (Å²) < 4.78 is 0. The van der Waals surface area contributed by atoms with E-state index in [-0.39, 0.29) is 35.3 Å². The molecule has 0 aliphatic carbocycles. The lowest BCUT2D eigenvalue weighted by atomic mass is 9.84. The van der Waals surface area contributed by atoms with E-state index in [0.29, 0.717) is 0 Å². The number of halogens is 1. The topological polar surface area (TPSA) is 56.7 Å². The summed E-state index contributed by atoms with van der Waals surface area (Å²) in [5, 5.41) is 6.80. The van der Waals surface area contributed by atoms with E-state index in [0.717, 1.165) is 36.6 Å². The minimum absolute atomic E-state index is 0. The summed E-state index contributed by atoms with van der Waals surface area (Å²) in [7, 11) is 5.32. The standard InChI is InChI=1S/C24H34N4O.HI/c1-18-9-7-12-21(15-18)24(2,3)17-27-23(25-4)26-14-13-19-10-8-11-20(16-19)22(29)28(5)6;/h7-12,15-16H,13-14,17H2,1-6H3,(H2,25,26,27);1H. The van der Waals surface area contributed by atoms with Crippen molar-refractivity contribution in [2.24, 2.45) is 4.99 Å². The zero-order chi connectivity index (χ0) is 21.4. The molecule has 5 nitrogen and oxygen atoms in total. The molecular weight excluding hydrogens is 487 g/mol. The number of rotatable bonds is 7. The first kappa shape index (κ1) is 25.9. The van der Waals surface area contributed by atoms with Crippen LogP contribution in [0, 0.1) is 6.92 Å². The lowest BCUT2D eigenvalue weighted by Gasteiger charge is -2.27. The first-order chi connectivity index (χ1) is 13.7. The van der Waals surface area contributed by atoms with E-state index in [9.17, 15) is 4.79 Å². The Bertz CT molecular complexity index is 862. The van der Waals surface area contributed by atoms with E-state index in [1.54, 1.807) is 26.0 Å². The normalized spacial score (nSPS) is 11.5. The molecule has 1 amide bonds. The first-order valence-corrected chi connectivity index (χ1v) is 10.0. The average Bonchev–Trinajstić information content (AvgIpc) is 2.70. The number of nitrogens with one attached hydrogen (secondary N) is 2. The molecule has 2 aromatic rings. The maximum Gasteiger partial charge on any atom is 0.253 e. The molecule has 30 heavy (non-hydrogen) atoms. The van der Waals surface area contributed by atoms with E-state index in [2.05, 4.69) is 60.7 Å². The third-order valence-electron chi connectivity index (χ3n) is 5.01. The Labute approximate surface area is 198 Å². The predicted octanol–water partition coefficient (Wildman–Crippen LogP) is 4.00. The quantitative estimate of drug-likeness (QED) is 0.329. The van der Waals surface area contributed by atoms with Crippen molar-refractivity contribution < 1.29 is 4.79 Å². The van der Waals surface area contributed by atoms with Crippen LogP contribution in [0.1, 0.15) is 40.9 Å². The summed E-state index contributed by atoms with van der Waals surface area (Å²) in [6.45, 7) is 8.10. The molecule has 0 heterocycles. The van der Waals surface area contributed by atoms with Crippen LogP contribution in [0.4, 0.5) is 0 Å². The Morgan fingerprint density at radius 1 is 1.07 bits per heavy atom. The molecule has 0 unspecified atom stereocenters. The monoisotopic (exact) mass is 522 g/mol. The van der Waals surface area contributed by atoms with Crippen molar-refractivity contribution in [3.8, 4) is 0 Å². The molecule has 0 bridgehead atoms. The number of nitrogens with zero attached hydrogens (tertiary/aromatic N) is 2. The van der Waals surface area contributed by atoms with Gasteiger partial charge in [0.2, 0.25) is 0 Å². The molecule has 6 heteroatoms. The second-order valence-electron chi connectivity index (χ2n) is 8.26. The lowest BCUT2D eigenvalue weighted by Crippen LogP contribution is -2.44. The van der Waals surface area contributed by atoms with Gasteiger partial charge < -0.3 is 15.5 Å². The van der Waals surface area contributed by atoms with Crippen LogP contribution in [0.3, 0.4) is 0 Å². The zero-order valence-corrected chi connectivity index (χ0v) is 21.3. The molecule has 2 rings (SSSR count). The van der Waals surface area contributed by atoms with E-state index in [1.165, 1.54) is 11.1 Å². The van der Waals surface area contributed by atoms with Gasteiger partial charge in [-0.25, -0.2) is 0 Å². The van der Waals surface area contributed by atoms with Gasteiger partial charge in [-0.15, -0.1) is 24.0 Å². The van der Waals surface area contributed by atoms with Crippen molar-refractivity contribution in [1.29, 1.82) is 0 Å². The van der Waals surface area contributed by atoms with Crippen molar-refractivity contribution in [2.75, 3.05) is 34.2 Å². The molecule has 0 aliphatic heterocycles. The molecule has 0 atom stereocenters. The van der Waals surface area contributed by atoms with Crippen LogP contribution in [0.25, 0.3) is 0 Å². The van der Waals surface area contributed by atoms with Gasteiger partial charge in [-0.1, -0.05) is 55.8 Å². The second kappa shape index (κ2) is 11.9. The van der Waals surface area contributed by atoms with Crippen LogP contribution in [-0.4, -0.2) is 51.0 Å². The number of hydrogen-bond acceptors (Lipinski definition) is 2. The Balaban J connectivity index is 0.00000450. The fraction of sp³-hybridized carbons (Fsp3) is 0.417. The Kier molecular flexibility index (Phi) is 10.3. The molecule has 0 aromatic heterocycles. The van der Waals surface area contributed by atoms with Gasteiger partial charge >= 0.3 is 0 Å². The number of amides is 1. The predicted molar refractivity (Wildman–Crippen MR) is 137 cm³/mol. The smallest absolute Gasteiger partial charge is 0.253 e. The fourth-order valence-corrected chi connectivity index (χ4v) is 3.14. The van der Waals surface area contributed by atoms with Crippen molar-refractivity contribution in [2.45, 2.75) is 32.6 Å². The second-order valence-corrected chi connectivity index (χ2v) is 8.26. The Hall–Kier alpha value is -2.09. The first-order valence-electron chi connectivity index (χ1n) is 10.0. The highest BCUT2D eigenvalue weighted by atomic mass is 127. The minimum atomic E-state index is -0.00941. The largest absolute Gasteiger partial charge is 0.356 e. The van der Waals surface area contributed by atoms with Crippen molar-refractivity contribution in [3.05, 3.63) is 70.8 Å². The van der Waals surface area contributed by atoms with Gasteiger partial charge in [0.15, 0.2) is 5.96 Å². The van der Waals surface area contributed by atoms with Crippen molar-refractivity contribution >= 4 is 35.8 Å². The average molecular weight is 522 g/mol. The maximum absolute atomic E-state index is 12.1. The molecule has 0 saturated carbocycles. The van der Waals surface area contributed by atoms with Gasteiger partial charge in [0.1, 0.15) is 0 Å². The van der Waals surface area contributed by atoms with E-state index >= 15 is 0 Å². The molecule has 2 N–H and O–H groups in total. The third kappa shape index (κ3) is 7.63.